The number of aromatic amines is 1. The van der Waals surface area contributed by atoms with Crippen LogP contribution < -0.4 is 16.2 Å². The SMILES string of the molecule is Cn1cc2c(Cl)c(-c3c[nH]c4nc(N5[C@@H]6CCC[C@H]5[C@H](F)[C@@H](N)C6)n(C)c(=O)c34)ccc2n1. The van der Waals surface area contributed by atoms with Crippen molar-refractivity contribution < 1.29 is 4.39 Å². The van der Waals surface area contributed by atoms with Crippen molar-refractivity contribution in [2.45, 2.75) is 50.0 Å². The zero-order chi connectivity index (χ0) is 23.0. The number of halogens is 2. The Hall–Kier alpha value is -2.91. The van der Waals surface area contributed by atoms with Crippen LogP contribution in [-0.2, 0) is 14.1 Å². The molecule has 0 unspecified atom stereocenters. The number of nitrogens with two attached hydrogens (primary N) is 1. The summed E-state index contributed by atoms with van der Waals surface area (Å²) in [5.74, 6) is 0.485. The van der Waals surface area contributed by atoms with E-state index in [0.29, 0.717) is 40.4 Å². The summed E-state index contributed by atoms with van der Waals surface area (Å²) < 4.78 is 18.3. The number of anilines is 1. The molecule has 4 atom stereocenters. The second-order valence-corrected chi connectivity index (χ2v) is 9.65. The largest absolute Gasteiger partial charge is 0.345 e. The van der Waals surface area contributed by atoms with E-state index >= 15 is 4.39 Å². The summed E-state index contributed by atoms with van der Waals surface area (Å²) in [5, 5.41) is 6.21. The van der Waals surface area contributed by atoms with Gasteiger partial charge in [-0.05, 0) is 31.7 Å². The average molecular weight is 470 g/mol. The number of hydrogen-bond acceptors (Lipinski definition) is 5. The van der Waals surface area contributed by atoms with Crippen LogP contribution in [0.25, 0.3) is 33.1 Å². The van der Waals surface area contributed by atoms with Gasteiger partial charge in [0.05, 0.1) is 22.0 Å². The topological polar surface area (TPSA) is 97.8 Å². The average Bonchev–Trinajstić information content (AvgIpc) is 3.38. The van der Waals surface area contributed by atoms with Crippen molar-refractivity contribution in [2.75, 3.05) is 4.90 Å². The van der Waals surface area contributed by atoms with Crippen LogP contribution in [0.15, 0.2) is 29.3 Å². The highest BCUT2D eigenvalue weighted by atomic mass is 35.5. The molecule has 2 aliphatic heterocycles. The number of nitrogens with zero attached hydrogens (tertiary/aromatic N) is 5. The molecule has 4 aromatic rings. The van der Waals surface area contributed by atoms with Crippen molar-refractivity contribution in [1.29, 1.82) is 0 Å². The molecule has 1 aromatic carbocycles. The number of H-pyrrole nitrogens is 1. The Bertz CT molecular complexity index is 1460. The van der Waals surface area contributed by atoms with Gasteiger partial charge in [0.15, 0.2) is 0 Å². The molecule has 0 amide bonds. The third kappa shape index (κ3) is 2.95. The maximum absolute atomic E-state index is 15.0. The van der Waals surface area contributed by atoms with E-state index in [9.17, 15) is 4.79 Å². The number of benzene rings is 1. The van der Waals surface area contributed by atoms with E-state index in [1.807, 2.05) is 30.3 Å². The maximum Gasteiger partial charge on any atom is 0.264 e. The fourth-order valence-electron chi connectivity index (χ4n) is 5.68. The molecule has 0 radical (unpaired) electrons. The van der Waals surface area contributed by atoms with Gasteiger partial charge in [0.2, 0.25) is 5.95 Å². The molecule has 0 saturated carbocycles. The van der Waals surface area contributed by atoms with Crippen molar-refractivity contribution in [3.05, 3.63) is 39.9 Å². The highest BCUT2D eigenvalue weighted by Crippen LogP contribution is 2.39. The minimum absolute atomic E-state index is 0.0816. The number of fused-ring (bicyclic) bond motifs is 4. The normalized spacial score (nSPS) is 25.3. The van der Waals surface area contributed by atoms with Gasteiger partial charge in [-0.2, -0.15) is 10.1 Å². The summed E-state index contributed by atoms with van der Waals surface area (Å²) in [6.45, 7) is 0. The Kier molecular flexibility index (Phi) is 4.57. The highest BCUT2D eigenvalue weighted by molar-refractivity contribution is 6.38. The lowest BCUT2D eigenvalue weighted by Gasteiger charge is -2.50. The van der Waals surface area contributed by atoms with Crippen LogP contribution in [0, 0.1) is 0 Å². The molecule has 0 aliphatic carbocycles. The Morgan fingerprint density at radius 3 is 2.88 bits per heavy atom. The van der Waals surface area contributed by atoms with Crippen LogP contribution in [0.5, 0.6) is 0 Å². The Morgan fingerprint density at radius 1 is 1.24 bits per heavy atom. The van der Waals surface area contributed by atoms with Gasteiger partial charge in [-0.1, -0.05) is 17.7 Å². The van der Waals surface area contributed by atoms with Gasteiger partial charge >= 0.3 is 0 Å². The number of aryl methyl sites for hydroxylation is 1. The summed E-state index contributed by atoms with van der Waals surface area (Å²) in [6, 6.07) is 3.01. The molecule has 8 nitrogen and oxygen atoms in total. The lowest BCUT2D eigenvalue weighted by molar-refractivity contribution is 0.138. The van der Waals surface area contributed by atoms with Crippen molar-refractivity contribution >= 4 is 39.5 Å². The van der Waals surface area contributed by atoms with E-state index in [2.05, 4.69) is 10.1 Å². The fraction of sp³-hybridized carbons (Fsp3) is 0.435. The number of nitrogens with one attached hydrogen (secondary N) is 1. The number of rotatable bonds is 2. The van der Waals surface area contributed by atoms with Gasteiger partial charge in [-0.25, -0.2) is 4.39 Å². The Labute approximate surface area is 194 Å². The first-order valence-corrected chi connectivity index (χ1v) is 11.6. The standard InChI is InChI=1S/C23H25ClFN7O/c1-30-10-14-16(29-30)7-6-12(19(14)24)13-9-27-21-18(13)22(33)31(2)23(28-21)32-11-4-3-5-17(32)20(25)15(26)8-11/h6-7,9-11,15,17,20,27H,3-5,8,26H2,1-2H3/t11-,15+,17+,20-/m1/s1. The second kappa shape index (κ2) is 7.30. The van der Waals surface area contributed by atoms with Crippen molar-refractivity contribution in [1.82, 2.24) is 24.3 Å². The van der Waals surface area contributed by atoms with Crippen LogP contribution in [-0.4, -0.2) is 48.6 Å². The van der Waals surface area contributed by atoms with E-state index in [1.165, 1.54) is 4.57 Å². The molecule has 6 rings (SSSR count). The molecule has 33 heavy (non-hydrogen) atoms. The Balaban J connectivity index is 1.51. The number of aromatic nitrogens is 5. The third-order valence-electron chi connectivity index (χ3n) is 7.26. The molecule has 0 spiro atoms. The first kappa shape index (κ1) is 20.7. The van der Waals surface area contributed by atoms with Crippen LogP contribution in [0.1, 0.15) is 25.7 Å². The highest BCUT2D eigenvalue weighted by Gasteiger charge is 2.45. The minimum atomic E-state index is -1.14. The molecule has 3 N–H and O–H groups in total. The van der Waals surface area contributed by atoms with Crippen LogP contribution in [0.2, 0.25) is 5.02 Å². The second-order valence-electron chi connectivity index (χ2n) is 9.27. The molecule has 5 heterocycles. The van der Waals surface area contributed by atoms with E-state index in [-0.39, 0.29) is 17.6 Å². The monoisotopic (exact) mass is 469 g/mol. The first-order chi connectivity index (χ1) is 15.8. The summed E-state index contributed by atoms with van der Waals surface area (Å²) in [7, 11) is 3.54. The van der Waals surface area contributed by atoms with E-state index in [1.54, 1.807) is 17.9 Å². The van der Waals surface area contributed by atoms with Crippen molar-refractivity contribution in [2.24, 2.45) is 19.8 Å². The first-order valence-electron chi connectivity index (χ1n) is 11.2. The molecule has 2 bridgehead atoms. The summed E-state index contributed by atoms with van der Waals surface area (Å²) >= 11 is 6.73. The summed E-state index contributed by atoms with van der Waals surface area (Å²) in [6.07, 6.45) is 5.62. The molecular weight excluding hydrogens is 445 g/mol. The van der Waals surface area contributed by atoms with E-state index < -0.39 is 12.2 Å². The molecule has 10 heteroatoms. The predicted molar refractivity (Wildman–Crippen MR) is 127 cm³/mol. The number of piperidine rings is 2. The minimum Gasteiger partial charge on any atom is -0.345 e. The molecule has 3 aromatic heterocycles. The van der Waals surface area contributed by atoms with Gasteiger partial charge in [0.25, 0.3) is 5.56 Å². The molecule has 2 saturated heterocycles. The Morgan fingerprint density at radius 2 is 2.06 bits per heavy atom. The van der Waals surface area contributed by atoms with Gasteiger partial charge in [0.1, 0.15) is 11.8 Å². The fourth-order valence-corrected chi connectivity index (χ4v) is 5.99. The van der Waals surface area contributed by atoms with Gasteiger partial charge in [-0.15, -0.1) is 0 Å². The van der Waals surface area contributed by atoms with Crippen molar-refractivity contribution in [3.63, 3.8) is 0 Å². The smallest absolute Gasteiger partial charge is 0.264 e. The van der Waals surface area contributed by atoms with Crippen LogP contribution >= 0.6 is 11.6 Å². The molecular formula is C23H25ClFN7O. The van der Waals surface area contributed by atoms with Crippen LogP contribution in [0.3, 0.4) is 0 Å². The number of hydrogen-bond donors (Lipinski definition) is 2. The molecule has 2 fully saturated rings. The van der Waals surface area contributed by atoms with Gasteiger partial charge in [-0.3, -0.25) is 14.0 Å². The third-order valence-corrected chi connectivity index (χ3v) is 7.66. The predicted octanol–water partition coefficient (Wildman–Crippen LogP) is 3.27. The van der Waals surface area contributed by atoms with E-state index in [0.717, 1.165) is 29.3 Å². The zero-order valence-corrected chi connectivity index (χ0v) is 19.2. The van der Waals surface area contributed by atoms with Gasteiger partial charge < -0.3 is 15.6 Å². The van der Waals surface area contributed by atoms with Crippen LogP contribution in [0.4, 0.5) is 10.3 Å². The van der Waals surface area contributed by atoms with E-state index in [4.69, 9.17) is 22.3 Å². The molecule has 2 aliphatic rings. The van der Waals surface area contributed by atoms with Crippen molar-refractivity contribution in [3.8, 4) is 11.1 Å². The quantitative estimate of drug-likeness (QED) is 0.469. The summed E-state index contributed by atoms with van der Waals surface area (Å²) in [5.41, 5.74) is 8.55. The maximum atomic E-state index is 15.0. The van der Waals surface area contributed by atoms with Gasteiger partial charge in [0, 0.05) is 55.1 Å². The lowest BCUT2D eigenvalue weighted by Crippen LogP contribution is -2.63. The lowest BCUT2D eigenvalue weighted by atomic mass is 9.81. The summed E-state index contributed by atoms with van der Waals surface area (Å²) in [4.78, 5) is 23.5. The number of alkyl halides is 1. The zero-order valence-electron chi connectivity index (χ0n) is 18.4. The molecule has 172 valence electrons.